The van der Waals surface area contributed by atoms with Gasteiger partial charge in [0, 0.05) is 24.9 Å². The minimum atomic E-state index is -3.76. The van der Waals surface area contributed by atoms with Gasteiger partial charge in [0.05, 0.1) is 15.9 Å². The number of sulfonamides is 1. The summed E-state index contributed by atoms with van der Waals surface area (Å²) in [4.78, 5) is 12.2. The molecule has 2 N–H and O–H groups in total. The van der Waals surface area contributed by atoms with Crippen molar-refractivity contribution < 1.29 is 13.3 Å². The average Bonchev–Trinajstić information content (AvgIpc) is 2.53. The summed E-state index contributed by atoms with van der Waals surface area (Å²) in [6.45, 7) is 1.91. The fourth-order valence-corrected chi connectivity index (χ4v) is 2.78. The van der Waals surface area contributed by atoms with Gasteiger partial charge < -0.3 is 4.90 Å². The highest BCUT2D eigenvalue weighted by Gasteiger charge is 2.16. The Labute approximate surface area is 134 Å². The maximum Gasteiger partial charge on any atom is 0.269 e. The second-order valence-corrected chi connectivity index (χ2v) is 6.74. The van der Waals surface area contributed by atoms with Crippen molar-refractivity contribution in [3.63, 3.8) is 0 Å². The van der Waals surface area contributed by atoms with Gasteiger partial charge in [-0.3, -0.25) is 10.1 Å². The number of non-ortho nitro benzene ring substituents is 1. The number of rotatable bonds is 5. The van der Waals surface area contributed by atoms with Gasteiger partial charge in [-0.25, -0.2) is 13.6 Å². The van der Waals surface area contributed by atoms with Crippen LogP contribution in [0.4, 0.5) is 11.4 Å². The van der Waals surface area contributed by atoms with Gasteiger partial charge in [-0.05, 0) is 36.8 Å². The summed E-state index contributed by atoms with van der Waals surface area (Å²) in [5.74, 6) is 0. The molecule has 0 radical (unpaired) electrons. The van der Waals surface area contributed by atoms with Crippen molar-refractivity contribution in [3.05, 3.63) is 64.2 Å². The Kier molecular flexibility index (Phi) is 4.67. The van der Waals surface area contributed by atoms with Gasteiger partial charge >= 0.3 is 0 Å². The van der Waals surface area contributed by atoms with Crippen LogP contribution in [-0.2, 0) is 10.0 Å². The van der Waals surface area contributed by atoms with Gasteiger partial charge in [0.2, 0.25) is 10.0 Å². The number of nitrogens with two attached hydrogens (primary N) is 1. The first-order valence-corrected chi connectivity index (χ1v) is 8.35. The highest BCUT2D eigenvalue weighted by molar-refractivity contribution is 7.89. The largest absolute Gasteiger partial charge is 0.368 e. The first-order valence-electron chi connectivity index (χ1n) is 6.80. The average molecular weight is 335 g/mol. The maximum atomic E-state index is 11.4. The van der Waals surface area contributed by atoms with E-state index in [-0.39, 0.29) is 16.6 Å². The first kappa shape index (κ1) is 16.9. The fourth-order valence-electron chi connectivity index (χ4n) is 2.21. The number of benzene rings is 2. The van der Waals surface area contributed by atoms with E-state index in [1.54, 1.807) is 24.3 Å². The van der Waals surface area contributed by atoms with Gasteiger partial charge in [-0.15, -0.1) is 0 Å². The second kappa shape index (κ2) is 6.35. The standard InChI is InChI=1S/C15H17N3O4S/c1-11(12-4-3-5-15(10-12)23(16,21)22)17(2)13-6-8-14(9-7-13)18(19)20/h3-11H,1-2H3,(H2,16,21,22). The molecule has 0 saturated heterocycles. The van der Waals surface area contributed by atoms with Crippen LogP contribution in [0, 0.1) is 10.1 Å². The van der Waals surface area contributed by atoms with E-state index in [4.69, 9.17) is 5.14 Å². The SMILES string of the molecule is CC(c1cccc(S(N)(=O)=O)c1)N(C)c1ccc([N+](=O)[O-])cc1. The van der Waals surface area contributed by atoms with Crippen molar-refractivity contribution in [2.24, 2.45) is 5.14 Å². The molecular formula is C15H17N3O4S. The van der Waals surface area contributed by atoms with E-state index in [1.165, 1.54) is 24.3 Å². The summed E-state index contributed by atoms with van der Waals surface area (Å²) in [7, 11) is -1.93. The van der Waals surface area contributed by atoms with E-state index >= 15 is 0 Å². The third-order valence-electron chi connectivity index (χ3n) is 3.72. The van der Waals surface area contributed by atoms with Crippen molar-refractivity contribution in [2.75, 3.05) is 11.9 Å². The molecule has 0 saturated carbocycles. The van der Waals surface area contributed by atoms with Gasteiger partial charge in [-0.2, -0.15) is 0 Å². The number of nitro groups is 1. The van der Waals surface area contributed by atoms with Gasteiger partial charge in [-0.1, -0.05) is 12.1 Å². The number of primary sulfonamides is 1. The molecule has 0 amide bonds. The van der Waals surface area contributed by atoms with E-state index in [9.17, 15) is 18.5 Å². The Morgan fingerprint density at radius 1 is 1.17 bits per heavy atom. The number of nitro benzene ring substituents is 1. The molecule has 1 atom stereocenters. The second-order valence-electron chi connectivity index (χ2n) is 5.18. The highest BCUT2D eigenvalue weighted by atomic mass is 32.2. The molecule has 0 spiro atoms. The monoisotopic (exact) mass is 335 g/mol. The normalized spacial score (nSPS) is 12.7. The summed E-state index contributed by atoms with van der Waals surface area (Å²) in [5, 5.41) is 15.8. The van der Waals surface area contributed by atoms with Crippen LogP contribution in [-0.4, -0.2) is 20.4 Å². The first-order chi connectivity index (χ1) is 10.7. The summed E-state index contributed by atoms with van der Waals surface area (Å²) in [5.41, 5.74) is 1.58. The van der Waals surface area contributed by atoms with Crippen LogP contribution >= 0.6 is 0 Å². The third kappa shape index (κ3) is 3.85. The smallest absolute Gasteiger partial charge is 0.269 e. The van der Waals surface area contributed by atoms with E-state index < -0.39 is 14.9 Å². The van der Waals surface area contributed by atoms with E-state index in [0.717, 1.165) is 11.3 Å². The van der Waals surface area contributed by atoms with Crippen molar-refractivity contribution >= 4 is 21.4 Å². The van der Waals surface area contributed by atoms with Crippen molar-refractivity contribution in [1.82, 2.24) is 0 Å². The van der Waals surface area contributed by atoms with Crippen molar-refractivity contribution in [2.45, 2.75) is 17.9 Å². The van der Waals surface area contributed by atoms with Crippen molar-refractivity contribution in [3.8, 4) is 0 Å². The lowest BCUT2D eigenvalue weighted by molar-refractivity contribution is -0.384. The lowest BCUT2D eigenvalue weighted by Gasteiger charge is -2.27. The van der Waals surface area contributed by atoms with Crippen LogP contribution in [0.5, 0.6) is 0 Å². The van der Waals surface area contributed by atoms with Crippen LogP contribution < -0.4 is 10.0 Å². The topological polar surface area (TPSA) is 107 Å². The molecule has 2 rings (SSSR count). The zero-order valence-corrected chi connectivity index (χ0v) is 13.5. The maximum absolute atomic E-state index is 11.4. The zero-order chi connectivity index (χ0) is 17.2. The minimum Gasteiger partial charge on any atom is -0.368 e. The van der Waals surface area contributed by atoms with Crippen LogP contribution in [0.2, 0.25) is 0 Å². The molecule has 0 fully saturated rings. The summed E-state index contributed by atoms with van der Waals surface area (Å²) >= 11 is 0. The Bertz CT molecular complexity index is 819. The highest BCUT2D eigenvalue weighted by Crippen LogP contribution is 2.27. The lowest BCUT2D eigenvalue weighted by atomic mass is 10.1. The molecule has 0 heterocycles. The molecule has 122 valence electrons. The predicted molar refractivity (Wildman–Crippen MR) is 87.7 cm³/mol. The summed E-state index contributed by atoms with van der Waals surface area (Å²) < 4.78 is 22.9. The van der Waals surface area contributed by atoms with Gasteiger partial charge in [0.15, 0.2) is 0 Å². The molecule has 8 heteroatoms. The van der Waals surface area contributed by atoms with Crippen LogP contribution in [0.1, 0.15) is 18.5 Å². The molecule has 7 nitrogen and oxygen atoms in total. The fraction of sp³-hybridized carbons (Fsp3) is 0.200. The van der Waals surface area contributed by atoms with E-state index in [2.05, 4.69) is 0 Å². The van der Waals surface area contributed by atoms with Gasteiger partial charge in [0.25, 0.3) is 5.69 Å². The van der Waals surface area contributed by atoms with Crippen LogP contribution in [0.25, 0.3) is 0 Å². The molecule has 0 aromatic heterocycles. The van der Waals surface area contributed by atoms with E-state index in [0.29, 0.717) is 0 Å². The molecule has 0 aliphatic rings. The number of anilines is 1. The molecule has 2 aromatic carbocycles. The minimum absolute atomic E-state index is 0.0195. The predicted octanol–water partition coefficient (Wildman–Crippen LogP) is 2.44. The lowest BCUT2D eigenvalue weighted by Crippen LogP contribution is -2.22. The Hall–Kier alpha value is -2.45. The molecule has 23 heavy (non-hydrogen) atoms. The van der Waals surface area contributed by atoms with E-state index in [1.807, 2.05) is 18.9 Å². The molecule has 0 aliphatic carbocycles. The number of hydrogen-bond acceptors (Lipinski definition) is 5. The Morgan fingerprint density at radius 3 is 2.30 bits per heavy atom. The number of nitrogens with zero attached hydrogens (tertiary/aromatic N) is 2. The summed E-state index contributed by atoms with van der Waals surface area (Å²) in [6, 6.07) is 12.4. The number of hydrogen-bond donors (Lipinski definition) is 1. The molecular weight excluding hydrogens is 318 g/mol. The van der Waals surface area contributed by atoms with Crippen LogP contribution in [0.15, 0.2) is 53.4 Å². The van der Waals surface area contributed by atoms with Crippen molar-refractivity contribution in [1.29, 1.82) is 0 Å². The molecule has 1 unspecified atom stereocenters. The molecule has 0 bridgehead atoms. The quantitative estimate of drug-likeness (QED) is 0.667. The third-order valence-corrected chi connectivity index (χ3v) is 4.63. The van der Waals surface area contributed by atoms with Crippen LogP contribution in [0.3, 0.4) is 0 Å². The molecule has 2 aromatic rings. The Balaban J connectivity index is 2.29. The molecule has 0 aliphatic heterocycles. The Morgan fingerprint density at radius 2 is 1.78 bits per heavy atom. The zero-order valence-electron chi connectivity index (χ0n) is 12.7. The summed E-state index contributed by atoms with van der Waals surface area (Å²) in [6.07, 6.45) is 0. The van der Waals surface area contributed by atoms with Gasteiger partial charge in [0.1, 0.15) is 0 Å².